The van der Waals surface area contributed by atoms with Crippen LogP contribution in [0.2, 0.25) is 0 Å². The van der Waals surface area contributed by atoms with Crippen molar-refractivity contribution in [2.75, 3.05) is 0 Å². The van der Waals surface area contributed by atoms with Gasteiger partial charge < -0.3 is 5.71 Å². The van der Waals surface area contributed by atoms with E-state index in [1.54, 1.807) is 0 Å². The van der Waals surface area contributed by atoms with Gasteiger partial charge in [0.2, 0.25) is 0 Å². The average molecular weight is 101 g/mol. The first-order chi connectivity index (χ1) is 1.00. The summed E-state index contributed by atoms with van der Waals surface area (Å²) in [7, 11) is 0. The van der Waals surface area contributed by atoms with Crippen molar-refractivity contribution >= 4 is 58.6 Å². The van der Waals surface area contributed by atoms with Crippen LogP contribution in [0, 0.1) is 0 Å². The summed E-state index contributed by atoms with van der Waals surface area (Å²) in [6.07, 6.45) is 0. The Balaban J connectivity index is -0.000000000333. The molecule has 0 aliphatic heterocycles. The van der Waals surface area contributed by atoms with Gasteiger partial charge in [0.25, 0.3) is 0 Å². The normalized spacial score (nSPS) is 1.00. The molecule has 0 aromatic rings. The second-order valence-electron chi connectivity index (χ2n) is 0. The summed E-state index contributed by atoms with van der Waals surface area (Å²) in [4.78, 5) is 0. The SMILES string of the molecule is O=S.[H-].[H-].[H-].[H-].[Mg+2].[Mg+2]. The maximum absolute atomic E-state index is 7.83. The first-order valence-corrected chi connectivity index (χ1v) is 0.500. The molecule has 0 saturated carbocycles. The quantitative estimate of drug-likeness (QED) is 0.377. The van der Waals surface area contributed by atoms with E-state index < -0.39 is 0 Å². The van der Waals surface area contributed by atoms with Gasteiger partial charge in [0, 0.05) is 0 Å². The molecule has 4 heteroatoms. The van der Waals surface area contributed by atoms with Crippen molar-refractivity contribution in [1.82, 2.24) is 0 Å². The van der Waals surface area contributed by atoms with E-state index in [0.29, 0.717) is 0 Å². The van der Waals surface area contributed by atoms with E-state index >= 15 is 0 Å². The van der Waals surface area contributed by atoms with Crippen LogP contribution >= 0.6 is 0 Å². The van der Waals surface area contributed by atoms with Crippen LogP contribution in [0.15, 0.2) is 0 Å². The minimum Gasteiger partial charge on any atom is -1.00 e. The fourth-order valence-electron chi connectivity index (χ4n) is 0. The Hall–Kier alpha value is 1.55. The topological polar surface area (TPSA) is 17.1 Å². The largest absolute Gasteiger partial charge is 2.00 e. The van der Waals surface area contributed by atoms with Gasteiger partial charge >= 0.3 is 46.1 Å². The van der Waals surface area contributed by atoms with Gasteiger partial charge in [-0.25, -0.2) is 0 Å². The van der Waals surface area contributed by atoms with Gasteiger partial charge in [-0.15, -0.1) is 0 Å². The predicted molar refractivity (Wildman–Crippen MR) is 24.1 cm³/mol. The third-order valence-electron chi connectivity index (χ3n) is 0. The van der Waals surface area contributed by atoms with Gasteiger partial charge in [0.1, 0.15) is 0 Å². The molecule has 0 atom stereocenters. The van der Waals surface area contributed by atoms with Crippen molar-refractivity contribution in [2.24, 2.45) is 0 Å². The van der Waals surface area contributed by atoms with Gasteiger partial charge in [0.15, 0.2) is 12.5 Å². The maximum atomic E-state index is 7.83. The Labute approximate surface area is 68.3 Å². The van der Waals surface area contributed by atoms with Crippen LogP contribution in [0.3, 0.4) is 0 Å². The predicted octanol–water partition coefficient (Wildman–Crippen LogP) is -0.648. The monoisotopic (exact) mass is 100.0 g/mol. The van der Waals surface area contributed by atoms with E-state index in [0.717, 1.165) is 0 Å². The molecule has 0 spiro atoms. The number of rotatable bonds is 0. The zero-order valence-corrected chi connectivity index (χ0v) is 5.88. The standard InChI is InChI=1S/2Mg.OS.4H/c;;1-2;;;;/q2*+2;;4*-1. The van der Waals surface area contributed by atoms with Crippen LogP contribution < -0.4 is 0 Å². The summed E-state index contributed by atoms with van der Waals surface area (Å²) in [5.74, 6) is 0. The molecule has 4 heavy (non-hydrogen) atoms. The smallest absolute Gasteiger partial charge is 1.00 e. The first-order valence-electron chi connectivity index (χ1n) is 0.167. The molecule has 20 valence electrons. The van der Waals surface area contributed by atoms with Crippen molar-refractivity contribution in [3.63, 3.8) is 0 Å². The Morgan fingerprint density at radius 1 is 1.25 bits per heavy atom. The molecule has 0 aliphatic carbocycles. The summed E-state index contributed by atoms with van der Waals surface area (Å²) in [6, 6.07) is 0. The second kappa shape index (κ2) is 23.8. The van der Waals surface area contributed by atoms with Crippen LogP contribution in [-0.4, -0.2) is 50.3 Å². The summed E-state index contributed by atoms with van der Waals surface area (Å²) in [6.45, 7) is 0. The van der Waals surface area contributed by atoms with Crippen molar-refractivity contribution < 1.29 is 9.92 Å². The molecule has 0 radical (unpaired) electrons. The van der Waals surface area contributed by atoms with Gasteiger partial charge in [0.05, 0.1) is 0 Å². The fourth-order valence-corrected chi connectivity index (χ4v) is 0. The van der Waals surface area contributed by atoms with Crippen LogP contribution in [0.1, 0.15) is 5.71 Å². The van der Waals surface area contributed by atoms with E-state index in [-0.39, 0.29) is 51.8 Å². The van der Waals surface area contributed by atoms with Gasteiger partial charge in [-0.2, -0.15) is 4.21 Å². The molecule has 0 aromatic carbocycles. The van der Waals surface area contributed by atoms with E-state index in [2.05, 4.69) is 12.5 Å². The van der Waals surface area contributed by atoms with Crippen molar-refractivity contribution in [3.05, 3.63) is 0 Å². The van der Waals surface area contributed by atoms with E-state index in [4.69, 9.17) is 4.21 Å². The molecular formula is H4Mg2OS. The van der Waals surface area contributed by atoms with E-state index in [1.165, 1.54) is 0 Å². The van der Waals surface area contributed by atoms with Crippen molar-refractivity contribution in [1.29, 1.82) is 0 Å². The molecule has 0 fully saturated rings. The summed E-state index contributed by atoms with van der Waals surface area (Å²) >= 11 is 2.83. The molecule has 0 amide bonds. The Morgan fingerprint density at radius 2 is 1.25 bits per heavy atom. The summed E-state index contributed by atoms with van der Waals surface area (Å²) in [5, 5.41) is 0. The van der Waals surface area contributed by atoms with Crippen LogP contribution in [0.4, 0.5) is 0 Å². The number of hydrogen-bond acceptors (Lipinski definition) is 2. The van der Waals surface area contributed by atoms with Gasteiger partial charge in [-0.1, -0.05) is 0 Å². The van der Waals surface area contributed by atoms with E-state index in [9.17, 15) is 0 Å². The molecule has 0 heterocycles. The van der Waals surface area contributed by atoms with E-state index in [1.807, 2.05) is 0 Å². The molecule has 0 unspecified atom stereocenters. The second-order valence-corrected chi connectivity index (χ2v) is 0. The van der Waals surface area contributed by atoms with Crippen LogP contribution in [0.25, 0.3) is 0 Å². The molecule has 0 bridgehead atoms. The average Bonchev–Trinajstić information content (AvgIpc) is 1.00. The molecule has 1 nitrogen and oxygen atoms in total. The minimum absolute atomic E-state index is 0. The number of hydrogen-bond donors (Lipinski definition) is 0. The molecule has 0 aliphatic rings. The maximum Gasteiger partial charge on any atom is 2.00 e. The third-order valence-corrected chi connectivity index (χ3v) is 0. The van der Waals surface area contributed by atoms with Crippen LogP contribution in [-0.2, 0) is 12.5 Å². The Bertz CT molecular complexity index is 14.0. The van der Waals surface area contributed by atoms with Crippen molar-refractivity contribution in [2.45, 2.75) is 0 Å². The zero-order valence-electron chi connectivity index (χ0n) is 6.23. The molecule has 0 N–H and O–H groups in total. The van der Waals surface area contributed by atoms with Gasteiger partial charge in [-0.05, 0) is 0 Å². The fraction of sp³-hybridized carbons (Fsp3) is 0. The summed E-state index contributed by atoms with van der Waals surface area (Å²) < 4.78 is 7.83. The van der Waals surface area contributed by atoms with Crippen LogP contribution in [0.5, 0.6) is 0 Å². The van der Waals surface area contributed by atoms with Crippen molar-refractivity contribution in [3.8, 4) is 0 Å². The molecule has 0 saturated heterocycles. The summed E-state index contributed by atoms with van der Waals surface area (Å²) in [5.41, 5.74) is 0. The Morgan fingerprint density at radius 3 is 1.25 bits per heavy atom. The minimum atomic E-state index is 0. The van der Waals surface area contributed by atoms with Gasteiger partial charge in [-0.3, -0.25) is 0 Å². The molecule has 0 rings (SSSR count). The first kappa shape index (κ1) is 17.7. The molecule has 0 aromatic heterocycles. The zero-order chi connectivity index (χ0) is 2.00. The third kappa shape index (κ3) is 9.60. The molecular weight excluding hydrogens is 96.7 g/mol. The Kier molecular flexibility index (Phi) is 105.